The highest BCUT2D eigenvalue weighted by atomic mass is 35.5. The lowest BCUT2D eigenvalue weighted by molar-refractivity contribution is -0.137. The van der Waals surface area contributed by atoms with Crippen molar-refractivity contribution in [2.75, 3.05) is 16.8 Å². The monoisotopic (exact) mass is 554 g/mol. The van der Waals surface area contributed by atoms with Gasteiger partial charge in [-0.3, -0.25) is 4.79 Å². The molecular weight excluding hydrogens is 537 g/mol. The van der Waals surface area contributed by atoms with E-state index in [1.54, 1.807) is 17.7 Å². The summed E-state index contributed by atoms with van der Waals surface area (Å²) in [7, 11) is -3.22. The van der Waals surface area contributed by atoms with Crippen molar-refractivity contribution in [3.05, 3.63) is 63.6 Å². The number of aryl methyl sites for hydroxylation is 1. The van der Waals surface area contributed by atoms with Crippen molar-refractivity contribution >= 4 is 55.4 Å². The van der Waals surface area contributed by atoms with E-state index in [1.165, 1.54) is 11.3 Å². The van der Waals surface area contributed by atoms with Crippen molar-refractivity contribution in [2.24, 2.45) is 0 Å². The Morgan fingerprint density at radius 1 is 1.25 bits per heavy atom. The summed E-state index contributed by atoms with van der Waals surface area (Å²) in [4.78, 5) is 18.9. The molecule has 0 spiro atoms. The minimum atomic E-state index is -4.61. The molecule has 1 atom stereocenters. The van der Waals surface area contributed by atoms with E-state index in [9.17, 15) is 26.4 Å². The van der Waals surface area contributed by atoms with E-state index in [0.29, 0.717) is 28.8 Å². The molecule has 0 radical (unpaired) electrons. The number of nitrogens with zero attached hydrogens (tertiary/aromatic N) is 3. The Kier molecular flexibility index (Phi) is 6.08. The molecule has 36 heavy (non-hydrogen) atoms. The Bertz CT molecular complexity index is 1600. The lowest BCUT2D eigenvalue weighted by Gasteiger charge is -2.13. The molecule has 7 nitrogen and oxygen atoms in total. The Labute approximate surface area is 212 Å². The number of fused-ring (bicyclic) bond motifs is 1. The van der Waals surface area contributed by atoms with Crippen molar-refractivity contribution in [3.8, 4) is 10.6 Å². The molecule has 1 fully saturated rings. The van der Waals surface area contributed by atoms with Gasteiger partial charge in [-0.2, -0.15) is 18.3 Å². The second-order valence-corrected chi connectivity index (χ2v) is 12.0. The fourth-order valence-corrected chi connectivity index (χ4v) is 6.80. The van der Waals surface area contributed by atoms with Gasteiger partial charge in [-0.05, 0) is 49.1 Å². The third-order valence-electron chi connectivity index (χ3n) is 5.95. The number of anilines is 1. The molecule has 4 heterocycles. The van der Waals surface area contributed by atoms with Crippen LogP contribution in [0.2, 0.25) is 5.02 Å². The quantitative estimate of drug-likeness (QED) is 0.346. The van der Waals surface area contributed by atoms with Gasteiger partial charge in [0, 0.05) is 0 Å². The number of benzene rings is 1. The molecule has 1 saturated heterocycles. The highest BCUT2D eigenvalue weighted by Crippen LogP contribution is 2.36. The summed E-state index contributed by atoms with van der Waals surface area (Å²) in [5.74, 6) is -0.748. The topological polar surface area (TPSA) is 93.9 Å². The molecule has 1 aliphatic rings. The van der Waals surface area contributed by atoms with Crippen LogP contribution >= 0.6 is 22.9 Å². The van der Waals surface area contributed by atoms with Crippen molar-refractivity contribution < 1.29 is 26.4 Å². The summed E-state index contributed by atoms with van der Waals surface area (Å²) in [5, 5.41) is 9.19. The zero-order valence-corrected chi connectivity index (χ0v) is 21.0. The van der Waals surface area contributed by atoms with E-state index in [0.717, 1.165) is 23.1 Å². The molecule has 0 saturated carbocycles. The van der Waals surface area contributed by atoms with E-state index in [-0.39, 0.29) is 27.8 Å². The third-order valence-corrected chi connectivity index (χ3v) is 8.92. The second-order valence-electron chi connectivity index (χ2n) is 8.46. The number of pyridine rings is 1. The smallest absolute Gasteiger partial charge is 0.321 e. The summed E-state index contributed by atoms with van der Waals surface area (Å²) in [6, 6.07) is 7.43. The van der Waals surface area contributed by atoms with Gasteiger partial charge in [0.15, 0.2) is 15.5 Å². The molecule has 3 aromatic heterocycles. The molecular formula is C23H18ClF3N4O3S2. The summed E-state index contributed by atoms with van der Waals surface area (Å²) >= 11 is 7.49. The van der Waals surface area contributed by atoms with Crippen LogP contribution in [0.3, 0.4) is 0 Å². The maximum Gasteiger partial charge on any atom is 0.416 e. The molecule has 1 aromatic carbocycles. The number of amides is 1. The Hall–Kier alpha value is -2.96. The zero-order chi connectivity index (χ0) is 25.8. The summed E-state index contributed by atoms with van der Waals surface area (Å²) in [6.07, 6.45) is -4.25. The van der Waals surface area contributed by atoms with Gasteiger partial charge in [-0.1, -0.05) is 17.7 Å². The molecule has 1 aliphatic heterocycles. The van der Waals surface area contributed by atoms with E-state index in [4.69, 9.17) is 16.6 Å². The second kappa shape index (κ2) is 8.86. The summed E-state index contributed by atoms with van der Waals surface area (Å²) < 4.78 is 65.4. The number of alkyl halides is 3. The first-order valence-corrected chi connectivity index (χ1v) is 13.8. The van der Waals surface area contributed by atoms with Gasteiger partial charge in [0.2, 0.25) is 0 Å². The number of halogens is 4. The highest BCUT2D eigenvalue weighted by Gasteiger charge is 2.33. The summed E-state index contributed by atoms with van der Waals surface area (Å²) in [6.45, 7) is 1.67. The number of rotatable bonds is 4. The zero-order valence-electron chi connectivity index (χ0n) is 18.6. The van der Waals surface area contributed by atoms with Crippen molar-refractivity contribution in [1.29, 1.82) is 0 Å². The van der Waals surface area contributed by atoms with Crippen LogP contribution in [0.4, 0.5) is 18.9 Å². The van der Waals surface area contributed by atoms with Crippen LogP contribution in [0.1, 0.15) is 34.1 Å². The standard InChI is InChI=1S/C23H18ClF3N4O3S2/c1-12-20-15(22(32)29-17-9-13(23(25,26)27)4-5-16(17)24)10-18(19-3-2-7-35-19)28-21(20)31(30-12)14-6-8-36(33,34)11-14/h2-5,7,9-10,14H,6,8,11H2,1H3,(H,29,32). The fraction of sp³-hybridized carbons (Fsp3) is 0.261. The Morgan fingerprint density at radius 3 is 2.67 bits per heavy atom. The van der Waals surface area contributed by atoms with Gasteiger partial charge < -0.3 is 5.32 Å². The van der Waals surface area contributed by atoms with Crippen LogP contribution in [0.15, 0.2) is 41.8 Å². The van der Waals surface area contributed by atoms with E-state index >= 15 is 0 Å². The number of thiophene rings is 1. The minimum Gasteiger partial charge on any atom is -0.321 e. The minimum absolute atomic E-state index is 0.0318. The van der Waals surface area contributed by atoms with Crippen molar-refractivity contribution in [3.63, 3.8) is 0 Å². The highest BCUT2D eigenvalue weighted by molar-refractivity contribution is 7.91. The largest absolute Gasteiger partial charge is 0.416 e. The fourth-order valence-electron chi connectivity index (χ4n) is 4.25. The molecule has 188 valence electrons. The first kappa shape index (κ1) is 24.7. The Balaban J connectivity index is 1.64. The van der Waals surface area contributed by atoms with Crippen LogP contribution in [0.5, 0.6) is 0 Å². The van der Waals surface area contributed by atoms with Gasteiger partial charge in [-0.25, -0.2) is 18.1 Å². The number of carbonyl (C=O) groups is 1. The van der Waals surface area contributed by atoms with Crippen LogP contribution in [-0.2, 0) is 16.0 Å². The molecule has 1 unspecified atom stereocenters. The third kappa shape index (κ3) is 4.60. The molecule has 4 aromatic rings. The van der Waals surface area contributed by atoms with Crippen LogP contribution in [0.25, 0.3) is 21.6 Å². The number of nitrogens with one attached hydrogen (secondary N) is 1. The van der Waals surface area contributed by atoms with Gasteiger partial charge in [0.25, 0.3) is 5.91 Å². The molecule has 13 heteroatoms. The molecule has 0 aliphatic carbocycles. The molecule has 1 N–H and O–H groups in total. The lowest BCUT2D eigenvalue weighted by atomic mass is 10.1. The first-order chi connectivity index (χ1) is 16.9. The molecule has 5 rings (SSSR count). The number of hydrogen-bond donors (Lipinski definition) is 1. The SMILES string of the molecule is Cc1nn(C2CCS(=O)(=O)C2)c2nc(-c3cccs3)cc(C(=O)Nc3cc(C(F)(F)F)ccc3Cl)c12. The van der Waals surface area contributed by atoms with E-state index in [2.05, 4.69) is 10.4 Å². The van der Waals surface area contributed by atoms with Crippen LogP contribution < -0.4 is 5.32 Å². The first-order valence-electron chi connectivity index (χ1n) is 10.8. The van der Waals surface area contributed by atoms with Crippen molar-refractivity contribution in [2.45, 2.75) is 25.6 Å². The predicted molar refractivity (Wildman–Crippen MR) is 132 cm³/mol. The average molecular weight is 555 g/mol. The normalized spacial score (nSPS) is 17.5. The number of hydrogen-bond acceptors (Lipinski definition) is 6. The lowest BCUT2D eigenvalue weighted by Crippen LogP contribution is -2.16. The average Bonchev–Trinajstić information content (AvgIpc) is 3.53. The molecule has 1 amide bonds. The number of aromatic nitrogens is 3. The van der Waals surface area contributed by atoms with Gasteiger partial charge in [0.1, 0.15) is 0 Å². The Morgan fingerprint density at radius 2 is 2.03 bits per heavy atom. The van der Waals surface area contributed by atoms with Gasteiger partial charge >= 0.3 is 6.18 Å². The van der Waals surface area contributed by atoms with Crippen molar-refractivity contribution in [1.82, 2.24) is 14.8 Å². The summed E-state index contributed by atoms with van der Waals surface area (Å²) in [5.41, 5.74) is 0.237. The van der Waals surface area contributed by atoms with Crippen LogP contribution in [0, 0.1) is 6.92 Å². The van der Waals surface area contributed by atoms with E-state index < -0.39 is 33.5 Å². The maximum atomic E-state index is 13.4. The molecule has 0 bridgehead atoms. The van der Waals surface area contributed by atoms with Gasteiger partial charge in [-0.15, -0.1) is 11.3 Å². The maximum absolute atomic E-state index is 13.4. The van der Waals surface area contributed by atoms with Gasteiger partial charge in [0.05, 0.1) is 61.0 Å². The number of carbonyl (C=O) groups excluding carboxylic acids is 1. The van der Waals surface area contributed by atoms with E-state index in [1.807, 2.05) is 17.5 Å². The van der Waals surface area contributed by atoms with Crippen LogP contribution in [-0.4, -0.2) is 40.6 Å². The number of sulfone groups is 1. The predicted octanol–water partition coefficient (Wildman–Crippen LogP) is 5.75.